The summed E-state index contributed by atoms with van der Waals surface area (Å²) in [5.74, 6) is -1.69. The van der Waals surface area contributed by atoms with Crippen molar-refractivity contribution in [2.75, 3.05) is 6.54 Å². The summed E-state index contributed by atoms with van der Waals surface area (Å²) in [6.45, 7) is 5.79. The third kappa shape index (κ3) is 3.30. The Kier molecular flexibility index (Phi) is 4.51. The fourth-order valence-electron chi connectivity index (χ4n) is 3.18. The number of hydrogen-bond acceptors (Lipinski definition) is 5. The first-order valence-corrected chi connectivity index (χ1v) is 8.57. The average Bonchev–Trinajstić information content (AvgIpc) is 3.01. The maximum atomic E-state index is 12.8. The van der Waals surface area contributed by atoms with Gasteiger partial charge >= 0.3 is 12.0 Å². The van der Waals surface area contributed by atoms with Crippen LogP contribution in [0.3, 0.4) is 0 Å². The van der Waals surface area contributed by atoms with Gasteiger partial charge in [0.25, 0.3) is 5.91 Å². The number of aromatic nitrogens is 1. The molecule has 1 saturated heterocycles. The van der Waals surface area contributed by atoms with E-state index in [1.54, 1.807) is 20.8 Å². The van der Waals surface area contributed by atoms with Crippen LogP contribution in [0, 0.1) is 6.92 Å². The number of Topliss-reactive ketones (excluding diaryl/α,β-unsaturated/α-hetero) is 1. The standard InChI is InChI=1S/C19H21N3O5/c1-10-15(12-7-5-6-8-13(12)20-10)16(24)11(2)27-14(23)9-22-17(25)19(3,4)21-18(22)26/h5-8,11,20H,9H2,1-4H3,(H,21,26)/t11-/m1/s1. The summed E-state index contributed by atoms with van der Waals surface area (Å²) in [6.07, 6.45) is -1.05. The minimum absolute atomic E-state index is 0.351. The number of fused-ring (bicyclic) bond motifs is 1. The lowest BCUT2D eigenvalue weighted by Gasteiger charge is -2.17. The number of urea groups is 1. The van der Waals surface area contributed by atoms with Crippen LogP contribution in [0.15, 0.2) is 24.3 Å². The van der Waals surface area contributed by atoms with Gasteiger partial charge in [0.2, 0.25) is 5.78 Å². The maximum absolute atomic E-state index is 12.8. The van der Waals surface area contributed by atoms with E-state index in [1.807, 2.05) is 24.3 Å². The molecule has 0 bridgehead atoms. The third-order valence-electron chi connectivity index (χ3n) is 4.55. The van der Waals surface area contributed by atoms with Gasteiger partial charge < -0.3 is 15.0 Å². The summed E-state index contributed by atoms with van der Waals surface area (Å²) in [4.78, 5) is 52.9. The number of aromatic amines is 1. The summed E-state index contributed by atoms with van der Waals surface area (Å²) in [6, 6.07) is 6.69. The molecule has 8 nitrogen and oxygen atoms in total. The summed E-state index contributed by atoms with van der Waals surface area (Å²) in [5, 5.41) is 3.23. The average molecular weight is 371 g/mol. The van der Waals surface area contributed by atoms with Gasteiger partial charge in [-0.1, -0.05) is 18.2 Å². The number of carbonyl (C=O) groups excluding carboxylic acids is 4. The molecule has 3 rings (SSSR count). The summed E-state index contributed by atoms with van der Waals surface area (Å²) >= 11 is 0. The number of nitrogens with zero attached hydrogens (tertiary/aromatic N) is 1. The van der Waals surface area contributed by atoms with Crippen LogP contribution in [0.25, 0.3) is 10.9 Å². The van der Waals surface area contributed by atoms with Crippen molar-refractivity contribution in [1.29, 1.82) is 0 Å². The normalized spacial score (nSPS) is 17.1. The fourth-order valence-corrected chi connectivity index (χ4v) is 3.18. The monoisotopic (exact) mass is 371 g/mol. The Morgan fingerprint density at radius 1 is 1.22 bits per heavy atom. The highest BCUT2D eigenvalue weighted by atomic mass is 16.5. The van der Waals surface area contributed by atoms with Gasteiger partial charge in [0.05, 0.1) is 0 Å². The number of amides is 3. The van der Waals surface area contributed by atoms with E-state index in [-0.39, 0.29) is 5.78 Å². The first kappa shape index (κ1) is 18.6. The van der Waals surface area contributed by atoms with Crippen molar-refractivity contribution in [2.45, 2.75) is 39.3 Å². The number of ketones is 1. The number of ether oxygens (including phenoxy) is 1. The first-order valence-electron chi connectivity index (χ1n) is 8.57. The SMILES string of the molecule is Cc1[nH]c2ccccc2c1C(=O)[C@@H](C)OC(=O)CN1C(=O)NC(C)(C)C1=O. The van der Waals surface area contributed by atoms with Gasteiger partial charge in [0.1, 0.15) is 12.1 Å². The lowest BCUT2D eigenvalue weighted by molar-refractivity contribution is -0.149. The highest BCUT2D eigenvalue weighted by molar-refractivity contribution is 6.12. The Hall–Kier alpha value is -3.16. The second-order valence-electron chi connectivity index (χ2n) is 7.11. The number of nitrogens with one attached hydrogen (secondary N) is 2. The lowest BCUT2D eigenvalue weighted by Crippen LogP contribution is -2.41. The molecule has 8 heteroatoms. The number of benzene rings is 1. The smallest absolute Gasteiger partial charge is 0.326 e. The van der Waals surface area contributed by atoms with E-state index < -0.39 is 36.1 Å². The summed E-state index contributed by atoms with van der Waals surface area (Å²) in [7, 11) is 0. The van der Waals surface area contributed by atoms with Crippen molar-refractivity contribution in [1.82, 2.24) is 15.2 Å². The van der Waals surface area contributed by atoms with Crippen LogP contribution in [0.2, 0.25) is 0 Å². The molecule has 3 amide bonds. The molecule has 0 aliphatic carbocycles. The predicted molar refractivity (Wildman–Crippen MR) is 97.2 cm³/mol. The lowest BCUT2D eigenvalue weighted by atomic mass is 10.0. The van der Waals surface area contributed by atoms with E-state index in [4.69, 9.17) is 4.74 Å². The Balaban J connectivity index is 1.71. The Morgan fingerprint density at radius 3 is 2.52 bits per heavy atom. The van der Waals surface area contributed by atoms with Gasteiger partial charge in [-0.25, -0.2) is 4.79 Å². The molecule has 1 aromatic heterocycles. The molecule has 0 unspecified atom stereocenters. The molecule has 1 aromatic carbocycles. The van der Waals surface area contributed by atoms with Crippen LogP contribution >= 0.6 is 0 Å². The molecular formula is C19H21N3O5. The molecule has 0 spiro atoms. The van der Waals surface area contributed by atoms with E-state index in [2.05, 4.69) is 10.3 Å². The van der Waals surface area contributed by atoms with E-state index in [1.165, 1.54) is 6.92 Å². The minimum Gasteiger partial charge on any atom is -0.453 e. The second-order valence-corrected chi connectivity index (χ2v) is 7.11. The van der Waals surface area contributed by atoms with Crippen LogP contribution in [0.4, 0.5) is 4.79 Å². The molecule has 1 aliphatic heterocycles. The zero-order valence-corrected chi connectivity index (χ0v) is 15.6. The molecule has 2 heterocycles. The summed E-state index contributed by atoms with van der Waals surface area (Å²) in [5.41, 5.74) is 0.889. The van der Waals surface area contributed by atoms with Crippen molar-refractivity contribution in [3.05, 3.63) is 35.5 Å². The van der Waals surface area contributed by atoms with Crippen LogP contribution in [0.1, 0.15) is 36.8 Å². The van der Waals surface area contributed by atoms with Gasteiger partial charge in [-0.2, -0.15) is 0 Å². The predicted octanol–water partition coefficient (Wildman–Crippen LogP) is 1.92. The van der Waals surface area contributed by atoms with Crippen LogP contribution < -0.4 is 5.32 Å². The third-order valence-corrected chi connectivity index (χ3v) is 4.55. The number of imide groups is 1. The van der Waals surface area contributed by atoms with E-state index in [0.29, 0.717) is 11.3 Å². The Bertz CT molecular complexity index is 959. The minimum atomic E-state index is -1.07. The molecule has 1 atom stereocenters. The van der Waals surface area contributed by atoms with Gasteiger partial charge in [-0.15, -0.1) is 0 Å². The van der Waals surface area contributed by atoms with Crippen LogP contribution in [0.5, 0.6) is 0 Å². The first-order chi connectivity index (χ1) is 12.6. The van der Waals surface area contributed by atoms with Crippen molar-refractivity contribution in [3.8, 4) is 0 Å². The van der Waals surface area contributed by atoms with Crippen molar-refractivity contribution in [3.63, 3.8) is 0 Å². The maximum Gasteiger partial charge on any atom is 0.326 e. The second kappa shape index (κ2) is 6.53. The molecule has 0 radical (unpaired) electrons. The van der Waals surface area contributed by atoms with Gasteiger partial charge in [0, 0.05) is 22.2 Å². The number of hydrogen-bond donors (Lipinski definition) is 2. The van der Waals surface area contributed by atoms with Crippen molar-refractivity contribution in [2.24, 2.45) is 0 Å². The molecule has 1 fully saturated rings. The Morgan fingerprint density at radius 2 is 1.89 bits per heavy atom. The number of esters is 1. The molecular weight excluding hydrogens is 350 g/mol. The van der Waals surface area contributed by atoms with Gasteiger partial charge in [-0.05, 0) is 33.8 Å². The molecule has 142 valence electrons. The topological polar surface area (TPSA) is 109 Å². The van der Waals surface area contributed by atoms with E-state index in [0.717, 1.165) is 15.8 Å². The number of H-pyrrole nitrogens is 1. The fraction of sp³-hybridized carbons (Fsp3) is 0.368. The zero-order valence-electron chi connectivity index (χ0n) is 15.6. The van der Waals surface area contributed by atoms with Crippen LogP contribution in [-0.4, -0.2) is 51.8 Å². The van der Waals surface area contributed by atoms with Gasteiger partial charge in [0.15, 0.2) is 6.10 Å². The summed E-state index contributed by atoms with van der Waals surface area (Å²) < 4.78 is 5.19. The van der Waals surface area contributed by atoms with Crippen molar-refractivity contribution < 1.29 is 23.9 Å². The van der Waals surface area contributed by atoms with E-state index >= 15 is 0 Å². The number of aryl methyl sites for hydroxylation is 1. The molecule has 1 aliphatic rings. The largest absolute Gasteiger partial charge is 0.453 e. The van der Waals surface area contributed by atoms with E-state index in [9.17, 15) is 19.2 Å². The quantitative estimate of drug-likeness (QED) is 0.474. The zero-order chi connectivity index (χ0) is 19.9. The van der Waals surface area contributed by atoms with Gasteiger partial charge in [-0.3, -0.25) is 19.3 Å². The highest BCUT2D eigenvalue weighted by Gasteiger charge is 2.45. The number of carbonyl (C=O) groups is 4. The van der Waals surface area contributed by atoms with Crippen LogP contribution in [-0.2, 0) is 14.3 Å². The molecule has 0 saturated carbocycles. The molecule has 2 N–H and O–H groups in total. The highest BCUT2D eigenvalue weighted by Crippen LogP contribution is 2.24. The Labute approximate surface area is 155 Å². The number of rotatable bonds is 5. The molecule has 27 heavy (non-hydrogen) atoms. The van der Waals surface area contributed by atoms with Crippen molar-refractivity contribution >= 4 is 34.6 Å². The molecule has 2 aromatic rings. The number of para-hydroxylation sites is 1.